The molecule has 10 aromatic carbocycles. The maximum atomic E-state index is 7.19. The van der Waals surface area contributed by atoms with Gasteiger partial charge in [-0.3, -0.25) is 0 Å². The molecule has 58 heavy (non-hydrogen) atoms. The number of hydrogen-bond donors (Lipinski definition) is 0. The first-order valence-electron chi connectivity index (χ1n) is 20.4. The van der Waals surface area contributed by atoms with Gasteiger partial charge in [0.15, 0.2) is 0 Å². The second-order valence-corrected chi connectivity index (χ2v) is 16.5. The highest BCUT2D eigenvalue weighted by Gasteiger charge is 2.48. The van der Waals surface area contributed by atoms with Crippen molar-refractivity contribution < 1.29 is 4.42 Å². The fraction of sp³-hybridized carbons (Fsp3) is 0.0189. The first-order chi connectivity index (χ1) is 28.4. The van der Waals surface area contributed by atoms with Crippen molar-refractivity contribution in [3.63, 3.8) is 0 Å². The number of para-hydroxylation sites is 1. The average Bonchev–Trinajstić information content (AvgIpc) is 3.79. The summed E-state index contributed by atoms with van der Waals surface area (Å²) in [5.41, 5.74) is 18.9. The predicted molar refractivity (Wildman–Crippen MR) is 258 cm³/mol. The molecule has 0 amide bonds. The molecule has 0 radical (unpaired) electrons. The summed E-state index contributed by atoms with van der Waals surface area (Å²) in [7, 11) is 9.04. The van der Waals surface area contributed by atoms with E-state index in [1.807, 2.05) is 0 Å². The predicted octanol–water partition coefficient (Wildman–Crippen LogP) is 7.21. The van der Waals surface area contributed by atoms with Crippen LogP contribution in [0.3, 0.4) is 0 Å². The molecule has 0 spiro atoms. The third-order valence-electron chi connectivity index (χ3n) is 13.6. The molecule has 1 nitrogen and oxygen atoms in total. The molecule has 0 aliphatic heterocycles. The van der Waals surface area contributed by atoms with E-state index in [9.17, 15) is 0 Å². The Morgan fingerprint density at radius 1 is 0.397 bits per heavy atom. The van der Waals surface area contributed by atoms with Crippen molar-refractivity contribution in [2.45, 2.75) is 5.41 Å². The lowest BCUT2D eigenvalue weighted by molar-refractivity contribution is 0.669. The zero-order valence-corrected chi connectivity index (χ0v) is 33.1. The van der Waals surface area contributed by atoms with Gasteiger partial charge in [0.2, 0.25) is 0 Å². The van der Waals surface area contributed by atoms with Gasteiger partial charge in [-0.25, -0.2) is 0 Å². The van der Waals surface area contributed by atoms with Gasteiger partial charge in [-0.2, -0.15) is 0 Å². The Labute approximate surface area is 341 Å². The summed E-state index contributed by atoms with van der Waals surface area (Å²) in [5.74, 6) is 0. The zero-order valence-electron chi connectivity index (χ0n) is 33.1. The molecule has 1 aromatic heterocycles. The van der Waals surface area contributed by atoms with Gasteiger partial charge in [-0.1, -0.05) is 168 Å². The van der Waals surface area contributed by atoms with Crippen molar-refractivity contribution in [3.8, 4) is 33.4 Å². The second kappa shape index (κ2) is 12.2. The molecule has 0 saturated carbocycles. The molecular weight excluding hydrogens is 696 g/mol. The van der Waals surface area contributed by atoms with Crippen LogP contribution in [0.15, 0.2) is 174 Å². The summed E-state index contributed by atoms with van der Waals surface area (Å²) in [6.45, 7) is 0. The molecule has 1 heterocycles. The van der Waals surface area contributed by atoms with Gasteiger partial charge in [0.25, 0.3) is 0 Å². The largest absolute Gasteiger partial charge is 0.455 e. The van der Waals surface area contributed by atoms with E-state index in [4.69, 9.17) is 4.42 Å². The van der Waals surface area contributed by atoms with Gasteiger partial charge in [0.1, 0.15) is 42.6 Å². The van der Waals surface area contributed by atoms with Crippen molar-refractivity contribution in [2.24, 2.45) is 0 Å². The average molecular weight is 732 g/mol. The minimum absolute atomic E-state index is 0.629. The molecule has 0 unspecified atom stereocenters. The lowest BCUT2D eigenvalue weighted by Crippen LogP contribution is -2.44. The summed E-state index contributed by atoms with van der Waals surface area (Å²) in [6.07, 6.45) is 0. The monoisotopic (exact) mass is 732 g/mol. The van der Waals surface area contributed by atoms with Crippen molar-refractivity contribution in [1.29, 1.82) is 0 Å². The van der Waals surface area contributed by atoms with Gasteiger partial charge in [-0.15, -0.1) is 5.46 Å². The number of rotatable bonds is 4. The van der Waals surface area contributed by atoms with Crippen LogP contribution in [0.5, 0.6) is 0 Å². The summed E-state index contributed by atoms with van der Waals surface area (Å²) in [6, 6.07) is 63.6. The quantitative estimate of drug-likeness (QED) is 0.138. The Morgan fingerprint density at radius 3 is 1.78 bits per heavy atom. The topological polar surface area (TPSA) is 13.1 Å². The molecule has 5 heteroatoms. The zero-order chi connectivity index (χ0) is 38.9. The molecule has 0 N–H and O–H groups in total. The van der Waals surface area contributed by atoms with Crippen LogP contribution in [-0.4, -0.2) is 31.4 Å². The van der Waals surface area contributed by atoms with Crippen LogP contribution in [0, 0.1) is 0 Å². The fourth-order valence-electron chi connectivity index (χ4n) is 10.9. The van der Waals surface area contributed by atoms with Crippen LogP contribution < -0.4 is 21.9 Å². The summed E-state index contributed by atoms with van der Waals surface area (Å²) in [4.78, 5) is 0. The Balaban J connectivity index is 1.27. The molecule has 0 atom stereocenters. The van der Waals surface area contributed by atoms with Gasteiger partial charge < -0.3 is 4.42 Å². The molecule has 0 fully saturated rings. The maximum absolute atomic E-state index is 7.19. The van der Waals surface area contributed by atoms with Gasteiger partial charge in [0, 0.05) is 16.3 Å². The number of furan rings is 1. The lowest BCUT2D eigenvalue weighted by atomic mass is 9.64. The lowest BCUT2D eigenvalue weighted by Gasteiger charge is -2.34. The highest BCUT2D eigenvalue weighted by Crippen LogP contribution is 2.60. The van der Waals surface area contributed by atoms with Crippen molar-refractivity contribution in [2.75, 3.05) is 0 Å². The van der Waals surface area contributed by atoms with E-state index in [1.54, 1.807) is 0 Å². The van der Waals surface area contributed by atoms with Crippen LogP contribution in [0.1, 0.15) is 22.3 Å². The van der Waals surface area contributed by atoms with Crippen LogP contribution in [-0.2, 0) is 5.41 Å². The van der Waals surface area contributed by atoms with Crippen LogP contribution >= 0.6 is 0 Å². The minimum atomic E-state index is -0.629. The van der Waals surface area contributed by atoms with Crippen molar-refractivity contribution in [3.05, 3.63) is 192 Å². The molecule has 12 rings (SSSR count). The van der Waals surface area contributed by atoms with Gasteiger partial charge in [-0.05, 0) is 101 Å². The Kier molecular flexibility index (Phi) is 7.01. The smallest absolute Gasteiger partial charge is 0.144 e. The summed E-state index contributed by atoms with van der Waals surface area (Å²) < 4.78 is 7.19. The third kappa shape index (κ3) is 4.37. The molecular formula is C53H36B4O. The van der Waals surface area contributed by atoms with E-state index < -0.39 is 5.41 Å². The molecule has 1 aliphatic carbocycles. The Bertz CT molecular complexity index is 3440. The van der Waals surface area contributed by atoms with E-state index >= 15 is 0 Å². The van der Waals surface area contributed by atoms with Gasteiger partial charge >= 0.3 is 0 Å². The molecule has 266 valence electrons. The van der Waals surface area contributed by atoms with Crippen molar-refractivity contribution in [1.82, 2.24) is 0 Å². The molecule has 0 bridgehead atoms. The number of hydrogen-bond acceptors (Lipinski definition) is 1. The van der Waals surface area contributed by atoms with Crippen LogP contribution in [0.2, 0.25) is 0 Å². The Morgan fingerprint density at radius 2 is 1.03 bits per heavy atom. The number of benzene rings is 10. The fourth-order valence-corrected chi connectivity index (χ4v) is 10.9. The van der Waals surface area contributed by atoms with E-state index in [0.29, 0.717) is 0 Å². The van der Waals surface area contributed by atoms with Gasteiger partial charge in [0.05, 0.1) is 5.41 Å². The number of fused-ring (bicyclic) bond motifs is 7. The maximum Gasteiger partial charge on any atom is 0.144 e. The van der Waals surface area contributed by atoms with Crippen LogP contribution in [0.25, 0.3) is 87.6 Å². The van der Waals surface area contributed by atoms with E-state index in [1.165, 1.54) is 110 Å². The van der Waals surface area contributed by atoms with E-state index in [0.717, 1.165) is 21.9 Å². The summed E-state index contributed by atoms with van der Waals surface area (Å²) in [5, 5.41) is 10.0. The molecule has 11 aromatic rings. The van der Waals surface area contributed by atoms with Crippen LogP contribution in [0.4, 0.5) is 0 Å². The highest BCUT2D eigenvalue weighted by atomic mass is 16.3. The third-order valence-corrected chi connectivity index (χ3v) is 13.6. The highest BCUT2D eigenvalue weighted by molar-refractivity contribution is 6.61. The van der Waals surface area contributed by atoms with Crippen molar-refractivity contribution >= 4 is 107 Å². The molecule has 1 aliphatic rings. The molecule has 0 saturated heterocycles. The standard InChI is InChI=1S/C53H36B4O/c54-42-28-43(55)50(56)51(57)47(42)32-22-25-37-40(26-32)53(33-12-3-1-4-13-33,34-14-5-2-6-15-34)41-27-39(48-38-16-7-8-17-44(38)58-52(48)49(37)41)35-23-20-31-19-18-29-10-9-11-30-21-24-36(35)46(31)45(29)30/h1-28H,54-57H2. The minimum Gasteiger partial charge on any atom is -0.455 e. The van der Waals surface area contributed by atoms with E-state index in [-0.39, 0.29) is 0 Å². The summed E-state index contributed by atoms with van der Waals surface area (Å²) >= 11 is 0. The SMILES string of the molecule is Bc1cc(B)c(-c2ccc3c(c2)C(c2ccccc2)(c2ccccc2)c2cc(-c4ccc5ccc6cccc7ccc4c5c67)c4c(oc5ccccc54)c2-3)c(B)c1B. The second-order valence-electron chi connectivity index (χ2n) is 16.5. The normalized spacial score (nSPS) is 13.2. The van der Waals surface area contributed by atoms with E-state index in [2.05, 4.69) is 201 Å². The Hall–Kier alpha value is -6.70. The first kappa shape index (κ1) is 33.4. The first-order valence-corrected chi connectivity index (χ1v) is 20.4.